The lowest BCUT2D eigenvalue weighted by Gasteiger charge is -2.26. The lowest BCUT2D eigenvalue weighted by atomic mass is 10.1. The third-order valence-electron chi connectivity index (χ3n) is 3.65. The molecule has 0 N–H and O–H groups in total. The average molecular weight is 228 g/mol. The Labute approximate surface area is 104 Å². The van der Waals surface area contributed by atoms with Gasteiger partial charge in [-0.05, 0) is 24.8 Å². The fraction of sp³-hybridized carbons (Fsp3) is 0.533. The molecule has 0 spiro atoms. The summed E-state index contributed by atoms with van der Waals surface area (Å²) in [5, 5.41) is 8.90. The largest absolute Gasteiger partial charge is 0.287 e. The van der Waals surface area contributed by atoms with E-state index < -0.39 is 0 Å². The van der Waals surface area contributed by atoms with E-state index in [1.807, 2.05) is 6.07 Å². The maximum Gasteiger partial charge on any atom is 0.0868 e. The van der Waals surface area contributed by atoms with Gasteiger partial charge in [-0.3, -0.25) is 4.90 Å². The Balaban J connectivity index is 1.87. The number of nitrogens with zero attached hydrogens (tertiary/aromatic N) is 2. The van der Waals surface area contributed by atoms with Crippen molar-refractivity contribution in [3.63, 3.8) is 0 Å². The maximum atomic E-state index is 8.90. The second-order valence-corrected chi connectivity index (χ2v) is 4.80. The van der Waals surface area contributed by atoms with Crippen LogP contribution in [0.3, 0.4) is 0 Å². The Morgan fingerprint density at radius 1 is 1.18 bits per heavy atom. The highest BCUT2D eigenvalue weighted by molar-refractivity contribution is 5.15. The van der Waals surface area contributed by atoms with Crippen molar-refractivity contribution >= 4 is 0 Å². The molecule has 1 saturated carbocycles. The molecule has 17 heavy (non-hydrogen) atoms. The van der Waals surface area contributed by atoms with Gasteiger partial charge in [0.05, 0.1) is 12.6 Å². The molecule has 90 valence electrons. The summed E-state index contributed by atoms with van der Waals surface area (Å²) in [7, 11) is 0. The van der Waals surface area contributed by atoms with E-state index >= 15 is 0 Å². The second kappa shape index (κ2) is 6.42. The standard InChI is InChI=1S/C15H20N2/c16-11-13-17(15-8-4-5-9-15)12-10-14-6-2-1-3-7-14/h1-3,6-7,15H,4-5,8-10,12-13H2. The van der Waals surface area contributed by atoms with Crippen molar-refractivity contribution in [3.8, 4) is 6.07 Å². The van der Waals surface area contributed by atoms with Crippen LogP contribution in [0.15, 0.2) is 30.3 Å². The van der Waals surface area contributed by atoms with Gasteiger partial charge in [-0.15, -0.1) is 0 Å². The van der Waals surface area contributed by atoms with E-state index in [2.05, 4.69) is 35.2 Å². The molecule has 1 fully saturated rings. The Morgan fingerprint density at radius 3 is 2.53 bits per heavy atom. The van der Waals surface area contributed by atoms with E-state index in [1.165, 1.54) is 31.2 Å². The molecular formula is C15H20N2. The normalized spacial score (nSPS) is 16.2. The first-order valence-electron chi connectivity index (χ1n) is 6.55. The summed E-state index contributed by atoms with van der Waals surface area (Å²) >= 11 is 0. The Morgan fingerprint density at radius 2 is 1.88 bits per heavy atom. The van der Waals surface area contributed by atoms with Crippen LogP contribution in [0.5, 0.6) is 0 Å². The molecule has 0 unspecified atom stereocenters. The third kappa shape index (κ3) is 3.57. The van der Waals surface area contributed by atoms with E-state index in [0.717, 1.165) is 13.0 Å². The quantitative estimate of drug-likeness (QED) is 0.724. The molecular weight excluding hydrogens is 208 g/mol. The van der Waals surface area contributed by atoms with Crippen LogP contribution in [0.2, 0.25) is 0 Å². The fourth-order valence-corrected chi connectivity index (χ4v) is 2.67. The topological polar surface area (TPSA) is 27.0 Å². The van der Waals surface area contributed by atoms with Crippen molar-refractivity contribution in [2.75, 3.05) is 13.1 Å². The molecule has 1 aromatic carbocycles. The summed E-state index contributed by atoms with van der Waals surface area (Å²) in [6.07, 6.45) is 6.27. The monoisotopic (exact) mass is 228 g/mol. The van der Waals surface area contributed by atoms with Gasteiger partial charge in [0.15, 0.2) is 0 Å². The van der Waals surface area contributed by atoms with Crippen LogP contribution in [0.1, 0.15) is 31.2 Å². The zero-order valence-corrected chi connectivity index (χ0v) is 10.3. The van der Waals surface area contributed by atoms with Crippen molar-refractivity contribution in [3.05, 3.63) is 35.9 Å². The van der Waals surface area contributed by atoms with Gasteiger partial charge in [0.25, 0.3) is 0 Å². The van der Waals surface area contributed by atoms with Crippen LogP contribution in [-0.4, -0.2) is 24.0 Å². The molecule has 0 radical (unpaired) electrons. The van der Waals surface area contributed by atoms with Crippen molar-refractivity contribution < 1.29 is 0 Å². The van der Waals surface area contributed by atoms with Gasteiger partial charge in [0, 0.05) is 12.6 Å². The summed E-state index contributed by atoms with van der Waals surface area (Å²) in [6.45, 7) is 1.60. The number of benzene rings is 1. The molecule has 1 aliphatic carbocycles. The van der Waals surface area contributed by atoms with E-state index in [0.29, 0.717) is 12.6 Å². The number of nitriles is 1. The fourth-order valence-electron chi connectivity index (χ4n) is 2.67. The van der Waals surface area contributed by atoms with Crippen LogP contribution >= 0.6 is 0 Å². The minimum Gasteiger partial charge on any atom is -0.287 e. The van der Waals surface area contributed by atoms with Crippen molar-refractivity contribution in [1.29, 1.82) is 5.26 Å². The summed E-state index contributed by atoms with van der Waals surface area (Å²) in [4.78, 5) is 2.36. The van der Waals surface area contributed by atoms with E-state index in [1.54, 1.807) is 0 Å². The molecule has 2 rings (SSSR count). The van der Waals surface area contributed by atoms with Crippen molar-refractivity contribution in [1.82, 2.24) is 4.90 Å². The second-order valence-electron chi connectivity index (χ2n) is 4.80. The minimum absolute atomic E-state index is 0.581. The van der Waals surface area contributed by atoms with Crippen LogP contribution in [0.4, 0.5) is 0 Å². The maximum absolute atomic E-state index is 8.90. The van der Waals surface area contributed by atoms with E-state index in [4.69, 9.17) is 5.26 Å². The van der Waals surface area contributed by atoms with Gasteiger partial charge >= 0.3 is 0 Å². The number of hydrogen-bond donors (Lipinski definition) is 0. The predicted octanol–water partition coefficient (Wildman–Crippen LogP) is 3.00. The average Bonchev–Trinajstić information content (AvgIpc) is 2.89. The Bertz CT molecular complexity index is 360. The molecule has 0 saturated heterocycles. The van der Waals surface area contributed by atoms with Gasteiger partial charge in [0.1, 0.15) is 0 Å². The van der Waals surface area contributed by atoms with Crippen LogP contribution < -0.4 is 0 Å². The van der Waals surface area contributed by atoms with Gasteiger partial charge in [-0.1, -0.05) is 43.2 Å². The molecule has 0 atom stereocenters. The van der Waals surface area contributed by atoms with Crippen LogP contribution in [0.25, 0.3) is 0 Å². The van der Waals surface area contributed by atoms with Crippen molar-refractivity contribution in [2.24, 2.45) is 0 Å². The molecule has 0 aliphatic heterocycles. The van der Waals surface area contributed by atoms with Crippen LogP contribution in [-0.2, 0) is 6.42 Å². The molecule has 1 aromatic rings. The summed E-state index contributed by atoms with van der Waals surface area (Å²) in [5.41, 5.74) is 1.37. The highest BCUT2D eigenvalue weighted by Crippen LogP contribution is 2.23. The van der Waals surface area contributed by atoms with Crippen molar-refractivity contribution in [2.45, 2.75) is 38.1 Å². The Hall–Kier alpha value is -1.33. The number of hydrogen-bond acceptors (Lipinski definition) is 2. The predicted molar refractivity (Wildman–Crippen MR) is 69.6 cm³/mol. The van der Waals surface area contributed by atoms with Crippen LogP contribution in [0, 0.1) is 11.3 Å². The molecule has 0 amide bonds. The SMILES string of the molecule is N#CCN(CCc1ccccc1)C1CCCC1. The minimum atomic E-state index is 0.581. The highest BCUT2D eigenvalue weighted by Gasteiger charge is 2.21. The first kappa shape index (κ1) is 12.1. The van der Waals surface area contributed by atoms with Gasteiger partial charge in [-0.25, -0.2) is 0 Å². The molecule has 0 bridgehead atoms. The zero-order valence-electron chi connectivity index (χ0n) is 10.3. The van der Waals surface area contributed by atoms with Gasteiger partial charge < -0.3 is 0 Å². The first-order chi connectivity index (χ1) is 8.40. The molecule has 1 aliphatic rings. The van der Waals surface area contributed by atoms with E-state index in [9.17, 15) is 0 Å². The summed E-state index contributed by atoms with van der Waals surface area (Å²) in [6, 6.07) is 13.5. The Kier molecular flexibility index (Phi) is 4.58. The summed E-state index contributed by atoms with van der Waals surface area (Å²) in [5.74, 6) is 0. The number of rotatable bonds is 5. The summed E-state index contributed by atoms with van der Waals surface area (Å²) < 4.78 is 0. The lowest BCUT2D eigenvalue weighted by Crippen LogP contribution is -2.35. The van der Waals surface area contributed by atoms with E-state index in [-0.39, 0.29) is 0 Å². The third-order valence-corrected chi connectivity index (χ3v) is 3.65. The van der Waals surface area contributed by atoms with Gasteiger partial charge in [0.2, 0.25) is 0 Å². The zero-order chi connectivity index (χ0) is 11.9. The lowest BCUT2D eigenvalue weighted by molar-refractivity contribution is 0.225. The molecule has 2 heteroatoms. The smallest absolute Gasteiger partial charge is 0.0868 e. The molecule has 0 heterocycles. The van der Waals surface area contributed by atoms with Gasteiger partial charge in [-0.2, -0.15) is 5.26 Å². The first-order valence-corrected chi connectivity index (χ1v) is 6.55. The molecule has 2 nitrogen and oxygen atoms in total. The molecule has 0 aromatic heterocycles. The highest BCUT2D eigenvalue weighted by atomic mass is 15.1.